The number of hydrogen-bond acceptors (Lipinski definition) is 0. The van der Waals surface area contributed by atoms with Crippen molar-refractivity contribution in [1.82, 2.24) is 0 Å². The molecule has 0 radical (unpaired) electrons. The quantitative estimate of drug-likeness (QED) is 0.474. The topological polar surface area (TPSA) is 0 Å². The minimum absolute atomic E-state index is 0.556. The van der Waals surface area contributed by atoms with E-state index in [0.717, 1.165) is 5.92 Å². The molecule has 1 saturated carbocycles. The molecule has 1 aliphatic carbocycles. The normalized spacial score (nSPS) is 29.8. The van der Waals surface area contributed by atoms with E-state index in [0.29, 0.717) is 10.8 Å². The summed E-state index contributed by atoms with van der Waals surface area (Å²) < 4.78 is 0. The molecule has 0 heteroatoms. The third kappa shape index (κ3) is 1.84. The van der Waals surface area contributed by atoms with Crippen molar-refractivity contribution in [1.29, 1.82) is 0 Å². The maximum absolute atomic E-state index is 2.44. The molecule has 0 saturated heterocycles. The monoisotopic (exact) mass is 168 g/mol. The standard InChI is InChI=1S/C12H24/c1-10-11(2,3)8-6-7-9-12(10,4)5/h10H,6-9H2,1-5H3. The molecule has 0 bridgehead atoms. The lowest BCUT2D eigenvalue weighted by Crippen LogP contribution is -2.32. The predicted molar refractivity (Wildman–Crippen MR) is 55.2 cm³/mol. The molecular formula is C12H24. The van der Waals surface area contributed by atoms with E-state index >= 15 is 0 Å². The first-order chi connectivity index (χ1) is 5.36. The zero-order chi connectivity index (χ0) is 9.41. The SMILES string of the molecule is CC1C(C)(C)CCCCC1(C)C. The van der Waals surface area contributed by atoms with Gasteiger partial charge in [0.15, 0.2) is 0 Å². The van der Waals surface area contributed by atoms with Gasteiger partial charge in [-0.15, -0.1) is 0 Å². The van der Waals surface area contributed by atoms with Crippen molar-refractivity contribution in [2.75, 3.05) is 0 Å². The lowest BCUT2D eigenvalue weighted by Gasteiger charge is -2.40. The molecule has 1 rings (SSSR count). The molecule has 1 fully saturated rings. The fourth-order valence-corrected chi connectivity index (χ4v) is 2.65. The molecule has 12 heavy (non-hydrogen) atoms. The van der Waals surface area contributed by atoms with Crippen molar-refractivity contribution in [2.45, 2.75) is 60.3 Å². The maximum Gasteiger partial charge on any atom is -0.0323 e. The van der Waals surface area contributed by atoms with Crippen molar-refractivity contribution >= 4 is 0 Å². The first-order valence-electron chi connectivity index (χ1n) is 5.36. The van der Waals surface area contributed by atoms with Crippen LogP contribution in [-0.4, -0.2) is 0 Å². The minimum atomic E-state index is 0.556. The van der Waals surface area contributed by atoms with Crippen LogP contribution in [0, 0.1) is 16.7 Å². The Kier molecular flexibility index (Phi) is 2.56. The van der Waals surface area contributed by atoms with Gasteiger partial charge >= 0.3 is 0 Å². The second-order valence-corrected chi connectivity index (χ2v) is 5.91. The predicted octanol–water partition coefficient (Wildman–Crippen LogP) is 4.25. The summed E-state index contributed by atoms with van der Waals surface area (Å²) in [4.78, 5) is 0. The molecule has 1 aliphatic rings. The molecule has 0 aliphatic heterocycles. The fraction of sp³-hybridized carbons (Fsp3) is 1.00. The van der Waals surface area contributed by atoms with E-state index in [2.05, 4.69) is 34.6 Å². The van der Waals surface area contributed by atoms with Gasteiger partial charge in [-0.3, -0.25) is 0 Å². The second kappa shape index (κ2) is 3.05. The molecule has 0 aromatic carbocycles. The van der Waals surface area contributed by atoms with Crippen LogP contribution in [0.15, 0.2) is 0 Å². The van der Waals surface area contributed by atoms with Crippen LogP contribution < -0.4 is 0 Å². The van der Waals surface area contributed by atoms with Gasteiger partial charge in [0.2, 0.25) is 0 Å². The summed E-state index contributed by atoms with van der Waals surface area (Å²) in [5, 5.41) is 0. The molecule has 0 aromatic rings. The first kappa shape index (κ1) is 10.1. The second-order valence-electron chi connectivity index (χ2n) is 5.91. The molecule has 0 nitrogen and oxygen atoms in total. The highest BCUT2D eigenvalue weighted by molar-refractivity contribution is 4.88. The summed E-state index contributed by atoms with van der Waals surface area (Å²) in [6, 6.07) is 0. The number of rotatable bonds is 0. The summed E-state index contributed by atoms with van der Waals surface area (Å²) in [5.74, 6) is 0.854. The van der Waals surface area contributed by atoms with Gasteiger partial charge in [0.25, 0.3) is 0 Å². The average molecular weight is 168 g/mol. The summed E-state index contributed by atoms with van der Waals surface area (Å²) in [5.41, 5.74) is 1.11. The van der Waals surface area contributed by atoms with Gasteiger partial charge in [-0.25, -0.2) is 0 Å². The first-order valence-corrected chi connectivity index (χ1v) is 5.36. The van der Waals surface area contributed by atoms with E-state index < -0.39 is 0 Å². The van der Waals surface area contributed by atoms with Gasteiger partial charge in [0.1, 0.15) is 0 Å². The Labute approximate surface area is 77.7 Å². The highest BCUT2D eigenvalue weighted by Gasteiger charge is 2.38. The van der Waals surface area contributed by atoms with E-state index in [-0.39, 0.29) is 0 Å². The Morgan fingerprint density at radius 2 is 1.17 bits per heavy atom. The van der Waals surface area contributed by atoms with E-state index in [9.17, 15) is 0 Å². The molecular weight excluding hydrogens is 144 g/mol. The van der Waals surface area contributed by atoms with Crippen LogP contribution in [0.25, 0.3) is 0 Å². The van der Waals surface area contributed by atoms with Gasteiger partial charge in [0.05, 0.1) is 0 Å². The Hall–Kier alpha value is 0. The third-order valence-electron chi connectivity index (χ3n) is 4.24. The van der Waals surface area contributed by atoms with Crippen molar-refractivity contribution in [3.8, 4) is 0 Å². The van der Waals surface area contributed by atoms with Crippen LogP contribution in [0.3, 0.4) is 0 Å². The Balaban J connectivity index is 2.81. The highest BCUT2D eigenvalue weighted by atomic mass is 14.4. The van der Waals surface area contributed by atoms with Crippen LogP contribution in [-0.2, 0) is 0 Å². The molecule has 0 heterocycles. The van der Waals surface area contributed by atoms with Crippen LogP contribution in [0.1, 0.15) is 60.3 Å². The Morgan fingerprint density at radius 3 is 1.50 bits per heavy atom. The van der Waals surface area contributed by atoms with Gasteiger partial charge in [-0.2, -0.15) is 0 Å². The summed E-state index contributed by atoms with van der Waals surface area (Å²) in [6.45, 7) is 12.2. The zero-order valence-corrected chi connectivity index (χ0v) is 9.41. The molecule has 0 amide bonds. The van der Waals surface area contributed by atoms with Crippen molar-refractivity contribution < 1.29 is 0 Å². The lowest BCUT2D eigenvalue weighted by atomic mass is 9.65. The lowest BCUT2D eigenvalue weighted by molar-refractivity contribution is 0.0940. The van der Waals surface area contributed by atoms with Crippen LogP contribution in [0.4, 0.5) is 0 Å². The van der Waals surface area contributed by atoms with Crippen LogP contribution in [0.5, 0.6) is 0 Å². The molecule has 0 aromatic heterocycles. The number of hydrogen-bond donors (Lipinski definition) is 0. The maximum atomic E-state index is 2.44. The van der Waals surface area contributed by atoms with Crippen molar-refractivity contribution in [3.05, 3.63) is 0 Å². The van der Waals surface area contributed by atoms with E-state index in [1.165, 1.54) is 25.7 Å². The highest BCUT2D eigenvalue weighted by Crippen LogP contribution is 2.48. The van der Waals surface area contributed by atoms with Gasteiger partial charge in [-0.1, -0.05) is 47.5 Å². The fourth-order valence-electron chi connectivity index (χ4n) is 2.65. The van der Waals surface area contributed by atoms with Gasteiger partial charge < -0.3 is 0 Å². The smallest absolute Gasteiger partial charge is 0.0323 e. The summed E-state index contributed by atoms with van der Waals surface area (Å²) in [6.07, 6.45) is 5.69. The molecule has 0 N–H and O–H groups in total. The van der Waals surface area contributed by atoms with E-state index in [1.54, 1.807) is 0 Å². The Morgan fingerprint density at radius 1 is 0.833 bits per heavy atom. The molecule has 72 valence electrons. The Bertz CT molecular complexity index is 135. The van der Waals surface area contributed by atoms with Crippen LogP contribution in [0.2, 0.25) is 0 Å². The van der Waals surface area contributed by atoms with E-state index in [1.807, 2.05) is 0 Å². The average Bonchev–Trinajstić information content (AvgIpc) is 2.02. The summed E-state index contributed by atoms with van der Waals surface area (Å²) in [7, 11) is 0. The zero-order valence-electron chi connectivity index (χ0n) is 9.41. The molecule has 0 atom stereocenters. The molecule has 0 unspecified atom stereocenters. The van der Waals surface area contributed by atoms with Crippen molar-refractivity contribution in [3.63, 3.8) is 0 Å². The van der Waals surface area contributed by atoms with Gasteiger partial charge in [-0.05, 0) is 29.6 Å². The van der Waals surface area contributed by atoms with Crippen molar-refractivity contribution in [2.24, 2.45) is 16.7 Å². The largest absolute Gasteiger partial charge is 0.0615 e. The minimum Gasteiger partial charge on any atom is -0.0615 e. The molecule has 0 spiro atoms. The van der Waals surface area contributed by atoms with E-state index in [4.69, 9.17) is 0 Å². The third-order valence-corrected chi connectivity index (χ3v) is 4.24. The van der Waals surface area contributed by atoms with Crippen LogP contribution >= 0.6 is 0 Å². The van der Waals surface area contributed by atoms with Gasteiger partial charge in [0, 0.05) is 0 Å². The summed E-state index contributed by atoms with van der Waals surface area (Å²) >= 11 is 0.